The third kappa shape index (κ3) is 6.41. The number of aromatic nitrogens is 5. The molecule has 6 heteroatoms. The van der Waals surface area contributed by atoms with E-state index in [9.17, 15) is 5.48 Å². The van der Waals surface area contributed by atoms with Gasteiger partial charge in [0.25, 0.3) is 6.33 Å². The van der Waals surface area contributed by atoms with Gasteiger partial charge < -0.3 is 9.30 Å². The van der Waals surface area contributed by atoms with Crippen LogP contribution in [0.2, 0.25) is 0 Å². The van der Waals surface area contributed by atoms with E-state index in [4.69, 9.17) is 15.2 Å². The van der Waals surface area contributed by atoms with Crippen molar-refractivity contribution < 1.29 is 20.3 Å². The summed E-state index contributed by atoms with van der Waals surface area (Å²) >= 11 is 0. The molecule has 0 fully saturated rings. The fraction of sp³-hybridized carbons (Fsp3) is 0.0323. The first-order valence-corrected chi connectivity index (χ1v) is 22.5. The lowest BCUT2D eigenvalue weighted by molar-refractivity contribution is -0.571. The maximum Gasteiger partial charge on any atom is 0.269 e. The molecule has 0 unspecified atom stereocenters. The molecule has 0 saturated heterocycles. The Labute approximate surface area is 404 Å². The van der Waals surface area contributed by atoms with Crippen molar-refractivity contribution in [1.29, 1.82) is 0 Å². The number of fused-ring (bicyclic) bond motifs is 7. The van der Waals surface area contributed by atoms with Crippen LogP contribution in [0.1, 0.15) is 23.5 Å². The van der Waals surface area contributed by atoms with Crippen molar-refractivity contribution in [2.75, 3.05) is 0 Å². The van der Waals surface area contributed by atoms with Gasteiger partial charge in [-0.05, 0) is 82.7 Å². The van der Waals surface area contributed by atoms with Gasteiger partial charge in [0.1, 0.15) is 17.3 Å². The highest BCUT2D eigenvalue weighted by Gasteiger charge is 2.23. The fourth-order valence-electron chi connectivity index (χ4n) is 9.72. The first kappa shape index (κ1) is 31.8. The molecule has 0 N–H and O–H groups in total. The molecule has 0 aliphatic carbocycles. The van der Waals surface area contributed by atoms with Gasteiger partial charge in [0.05, 0.1) is 61.1 Å². The SMILES string of the molecule is [2H]c1c([2H])c([2H])c2c(c1[2H])c1c([2H])c([2H])c([2H])c([2H])c1n2-c1cc(Oc2cccc(-n3[c-][n+](-c4c(-c5ccccc5)cccc4-c4ccccc4)c4ccccc43)c2)cc2c1c1ccccc1n2-c1cc(CC)ccn1. The largest absolute Gasteiger partial charge is 0.458 e. The quantitative estimate of drug-likeness (QED) is 0.107. The normalized spacial score (nSPS) is 13.3. The van der Waals surface area contributed by atoms with E-state index in [-0.39, 0.29) is 21.8 Å². The zero-order valence-electron chi connectivity index (χ0n) is 44.7. The summed E-state index contributed by atoms with van der Waals surface area (Å²) in [5, 5.41) is 1.38. The number of pyridine rings is 1. The summed E-state index contributed by atoms with van der Waals surface area (Å²) in [5.41, 5.74) is 10.6. The van der Waals surface area contributed by atoms with Gasteiger partial charge in [-0.2, -0.15) is 0 Å². The van der Waals surface area contributed by atoms with Crippen LogP contribution in [0.4, 0.5) is 0 Å². The molecule has 9 aromatic carbocycles. The Balaban J connectivity index is 1.06. The Morgan fingerprint density at radius 3 is 1.91 bits per heavy atom. The van der Waals surface area contributed by atoms with Crippen LogP contribution in [-0.4, -0.2) is 18.7 Å². The Morgan fingerprint density at radius 2 is 1.19 bits per heavy atom. The first-order chi connectivity index (χ1) is 37.0. The number of rotatable bonds is 9. The molecule has 0 radical (unpaired) electrons. The zero-order chi connectivity index (χ0) is 52.1. The molecule has 0 bridgehead atoms. The van der Waals surface area contributed by atoms with Crippen LogP contribution in [0.5, 0.6) is 11.5 Å². The van der Waals surface area contributed by atoms with Crippen molar-refractivity contribution in [3.05, 3.63) is 242 Å². The Morgan fingerprint density at radius 1 is 0.544 bits per heavy atom. The Kier molecular flexibility index (Phi) is 7.56. The molecule has 0 amide bonds. The van der Waals surface area contributed by atoms with Gasteiger partial charge in [-0.15, -0.1) is 0 Å². The van der Waals surface area contributed by atoms with E-state index >= 15 is 0 Å². The van der Waals surface area contributed by atoms with Crippen LogP contribution in [0.25, 0.3) is 99.8 Å². The second-order valence-corrected chi connectivity index (χ2v) is 16.6. The molecule has 0 aliphatic rings. The molecule has 4 aromatic heterocycles. The highest BCUT2D eigenvalue weighted by molar-refractivity contribution is 6.16. The number of hydrogen-bond donors (Lipinski definition) is 0. The maximum atomic E-state index is 9.43. The number of ether oxygens (including phenoxy) is 1. The number of imidazole rings is 1. The molecule has 4 heterocycles. The minimum atomic E-state index is -0.514. The molecule has 68 heavy (non-hydrogen) atoms. The van der Waals surface area contributed by atoms with Gasteiger partial charge in [0.2, 0.25) is 0 Å². The highest BCUT2D eigenvalue weighted by Crippen LogP contribution is 2.43. The maximum absolute atomic E-state index is 9.43. The second kappa shape index (κ2) is 16.2. The Hall–Kier alpha value is -9.00. The van der Waals surface area contributed by atoms with Crippen LogP contribution in [0, 0.1) is 6.33 Å². The highest BCUT2D eigenvalue weighted by atomic mass is 16.5. The number of aryl methyl sites for hydroxylation is 1. The summed E-state index contributed by atoms with van der Waals surface area (Å²) in [6, 6.07) is 54.8. The molecule has 0 atom stereocenters. The molecule has 13 aromatic rings. The minimum absolute atomic E-state index is 0.00368. The van der Waals surface area contributed by atoms with Crippen molar-refractivity contribution in [3.8, 4) is 56.6 Å². The van der Waals surface area contributed by atoms with Crippen molar-refractivity contribution in [2.45, 2.75) is 13.3 Å². The van der Waals surface area contributed by atoms with Crippen LogP contribution < -0.4 is 9.30 Å². The molecule has 13 rings (SSSR count). The predicted molar refractivity (Wildman–Crippen MR) is 277 cm³/mol. The average molecular weight is 882 g/mol. The summed E-state index contributed by atoms with van der Waals surface area (Å²) in [6.45, 7) is 2.08. The first-order valence-electron chi connectivity index (χ1n) is 26.5. The van der Waals surface area contributed by atoms with Crippen molar-refractivity contribution >= 4 is 54.6 Å². The van der Waals surface area contributed by atoms with Gasteiger partial charge in [-0.1, -0.05) is 171 Å². The lowest BCUT2D eigenvalue weighted by Crippen LogP contribution is -2.31. The van der Waals surface area contributed by atoms with Crippen molar-refractivity contribution in [3.63, 3.8) is 0 Å². The summed E-state index contributed by atoms with van der Waals surface area (Å²) in [5.74, 6) is 1.44. The van der Waals surface area contributed by atoms with Gasteiger partial charge in [-0.25, -0.2) is 4.98 Å². The lowest BCUT2D eigenvalue weighted by Gasteiger charge is -2.17. The molecule has 0 aliphatic heterocycles. The van der Waals surface area contributed by atoms with Crippen LogP contribution >= 0.6 is 0 Å². The topological polar surface area (TPSA) is 40.8 Å². The number of para-hydroxylation sites is 6. The molecule has 0 saturated carbocycles. The summed E-state index contributed by atoms with van der Waals surface area (Å²) in [4.78, 5) is 4.88. The van der Waals surface area contributed by atoms with Crippen LogP contribution in [-0.2, 0) is 6.42 Å². The average Bonchev–Trinajstić information content (AvgIpc) is 4.32. The van der Waals surface area contributed by atoms with E-state index < -0.39 is 48.3 Å². The lowest BCUT2D eigenvalue weighted by atomic mass is 9.95. The van der Waals surface area contributed by atoms with Crippen LogP contribution in [0.3, 0.4) is 0 Å². The summed E-state index contributed by atoms with van der Waals surface area (Å²) in [7, 11) is 0. The minimum Gasteiger partial charge on any atom is -0.458 e. The van der Waals surface area contributed by atoms with Crippen molar-refractivity contribution in [2.24, 2.45) is 0 Å². The van der Waals surface area contributed by atoms with Gasteiger partial charge in [0, 0.05) is 39.9 Å². The standard InChI is InChI=1S/C62H43N5O/c1-2-42-35-36-63-60(37-42)67-55-32-14-11-27-52(55)61-58(66-53-30-12-9-25-50(53)51-26-10-13-31-54(51)66)39-47(40-59(61)67)68-46-24-17-23-45(38-46)64-41-65(57-34-16-15-33-56(57)64)62-48(43-19-5-3-6-20-43)28-18-29-49(62)44-21-7-4-8-22-44/h3-40H,2H2,1H3/i9D,10D,12D,13D,25D,26D,30D,31D. The summed E-state index contributed by atoms with van der Waals surface area (Å²) in [6.07, 6.45) is 6.28. The van der Waals surface area contributed by atoms with Gasteiger partial charge in [-0.3, -0.25) is 13.7 Å². The van der Waals surface area contributed by atoms with E-state index in [1.54, 1.807) is 16.8 Å². The fourth-order valence-corrected chi connectivity index (χ4v) is 9.72. The smallest absolute Gasteiger partial charge is 0.269 e. The van der Waals surface area contributed by atoms with E-state index in [1.165, 1.54) is 0 Å². The van der Waals surface area contributed by atoms with Gasteiger partial charge >= 0.3 is 0 Å². The second-order valence-electron chi connectivity index (χ2n) is 16.6. The zero-order valence-corrected chi connectivity index (χ0v) is 36.7. The number of benzene rings is 9. The third-order valence-corrected chi connectivity index (χ3v) is 12.8. The molecule has 322 valence electrons. The third-order valence-electron chi connectivity index (χ3n) is 12.8. The van der Waals surface area contributed by atoms with E-state index in [0.717, 1.165) is 67.5 Å². The molecular weight excluding hydrogens is 831 g/mol. The predicted octanol–water partition coefficient (Wildman–Crippen LogP) is 15.0. The molecule has 0 spiro atoms. The van der Waals surface area contributed by atoms with E-state index in [1.807, 2.05) is 124 Å². The van der Waals surface area contributed by atoms with Gasteiger partial charge in [0.15, 0.2) is 0 Å². The Bertz CT molecular complexity index is 4400. The number of hydrogen-bond acceptors (Lipinski definition) is 2. The van der Waals surface area contributed by atoms with E-state index in [2.05, 4.69) is 72.4 Å². The van der Waals surface area contributed by atoms with Crippen LogP contribution in [0.15, 0.2) is 230 Å². The molecular formula is C62H43N5O. The molecule has 6 nitrogen and oxygen atoms in total. The van der Waals surface area contributed by atoms with E-state index in [0.29, 0.717) is 33.9 Å². The summed E-state index contributed by atoms with van der Waals surface area (Å²) < 4.78 is 87.3. The monoisotopic (exact) mass is 881 g/mol. The van der Waals surface area contributed by atoms with Crippen molar-refractivity contribution in [1.82, 2.24) is 18.7 Å². The number of nitrogens with zero attached hydrogens (tertiary/aromatic N) is 5.